The number of alkyl carbamates (subject to hydrolysis) is 1. The number of amides is 2. The van der Waals surface area contributed by atoms with Crippen LogP contribution < -0.4 is 15.4 Å². The van der Waals surface area contributed by atoms with E-state index in [-0.39, 0.29) is 6.04 Å². The SMILES string of the molecule is CNC(=O)Oc1ccc2c(c1)C(NC(=O)OC(C)(C)C)CC2. The number of fused-ring (bicyclic) bond motifs is 1. The van der Waals surface area contributed by atoms with Crippen LogP contribution in [0.1, 0.15) is 44.4 Å². The van der Waals surface area contributed by atoms with Gasteiger partial charge in [0.1, 0.15) is 11.4 Å². The molecule has 2 amide bonds. The monoisotopic (exact) mass is 306 g/mol. The van der Waals surface area contributed by atoms with Crippen LogP contribution in [-0.4, -0.2) is 24.8 Å². The fourth-order valence-corrected chi connectivity index (χ4v) is 2.40. The van der Waals surface area contributed by atoms with Gasteiger partial charge in [0.2, 0.25) is 0 Å². The van der Waals surface area contributed by atoms with Crippen molar-refractivity contribution in [3.05, 3.63) is 29.3 Å². The predicted octanol–water partition coefficient (Wildman–Crippen LogP) is 2.92. The van der Waals surface area contributed by atoms with Gasteiger partial charge in [0, 0.05) is 7.05 Å². The van der Waals surface area contributed by atoms with Crippen LogP contribution in [0.3, 0.4) is 0 Å². The third-order valence-electron chi connectivity index (χ3n) is 3.30. The van der Waals surface area contributed by atoms with Gasteiger partial charge in [-0.1, -0.05) is 6.07 Å². The fraction of sp³-hybridized carbons (Fsp3) is 0.500. The van der Waals surface area contributed by atoms with E-state index in [1.165, 1.54) is 7.05 Å². The van der Waals surface area contributed by atoms with Crippen LogP contribution in [0, 0.1) is 0 Å². The lowest BCUT2D eigenvalue weighted by atomic mass is 10.1. The van der Waals surface area contributed by atoms with Gasteiger partial charge in [0.25, 0.3) is 0 Å². The van der Waals surface area contributed by atoms with Crippen LogP contribution in [0.2, 0.25) is 0 Å². The normalized spacial score (nSPS) is 16.6. The average molecular weight is 306 g/mol. The number of rotatable bonds is 2. The van der Waals surface area contributed by atoms with Gasteiger partial charge in [-0.15, -0.1) is 0 Å². The van der Waals surface area contributed by atoms with E-state index in [9.17, 15) is 9.59 Å². The number of hydrogen-bond acceptors (Lipinski definition) is 4. The largest absolute Gasteiger partial charge is 0.444 e. The molecule has 2 N–H and O–H groups in total. The third-order valence-corrected chi connectivity index (χ3v) is 3.30. The number of benzene rings is 1. The van der Waals surface area contributed by atoms with Crippen LogP contribution in [0.4, 0.5) is 9.59 Å². The molecule has 0 saturated carbocycles. The Kier molecular flexibility index (Phi) is 4.59. The van der Waals surface area contributed by atoms with Gasteiger partial charge in [0.05, 0.1) is 6.04 Å². The first-order valence-electron chi connectivity index (χ1n) is 7.30. The maximum absolute atomic E-state index is 11.9. The summed E-state index contributed by atoms with van der Waals surface area (Å²) in [6.07, 6.45) is 0.714. The van der Waals surface area contributed by atoms with Crippen molar-refractivity contribution in [2.45, 2.75) is 45.3 Å². The van der Waals surface area contributed by atoms with E-state index >= 15 is 0 Å². The van der Waals surface area contributed by atoms with Gasteiger partial charge < -0.3 is 20.1 Å². The first kappa shape index (κ1) is 16.1. The molecular weight excluding hydrogens is 284 g/mol. The highest BCUT2D eigenvalue weighted by Gasteiger charge is 2.26. The molecule has 0 saturated heterocycles. The Morgan fingerprint density at radius 3 is 2.59 bits per heavy atom. The quantitative estimate of drug-likeness (QED) is 0.881. The Balaban J connectivity index is 2.08. The summed E-state index contributed by atoms with van der Waals surface area (Å²) < 4.78 is 10.4. The lowest BCUT2D eigenvalue weighted by molar-refractivity contribution is 0.0503. The molecule has 22 heavy (non-hydrogen) atoms. The van der Waals surface area contributed by atoms with E-state index in [2.05, 4.69) is 10.6 Å². The molecule has 2 rings (SSSR count). The smallest absolute Gasteiger partial charge is 0.412 e. The van der Waals surface area contributed by atoms with Crippen molar-refractivity contribution in [2.24, 2.45) is 0 Å². The van der Waals surface area contributed by atoms with Crippen LogP contribution >= 0.6 is 0 Å². The van der Waals surface area contributed by atoms with E-state index in [1.807, 2.05) is 26.8 Å². The van der Waals surface area contributed by atoms with Crippen molar-refractivity contribution in [3.63, 3.8) is 0 Å². The minimum atomic E-state index is -0.532. The second kappa shape index (κ2) is 6.25. The van der Waals surface area contributed by atoms with Crippen LogP contribution in [0.5, 0.6) is 5.75 Å². The maximum Gasteiger partial charge on any atom is 0.412 e. The second-order valence-corrected chi connectivity index (χ2v) is 6.24. The minimum absolute atomic E-state index is 0.127. The second-order valence-electron chi connectivity index (χ2n) is 6.24. The molecule has 1 aliphatic rings. The van der Waals surface area contributed by atoms with Gasteiger partial charge >= 0.3 is 12.2 Å². The zero-order chi connectivity index (χ0) is 16.3. The Labute approximate surface area is 130 Å². The lowest BCUT2D eigenvalue weighted by Gasteiger charge is -2.22. The molecule has 0 bridgehead atoms. The maximum atomic E-state index is 11.9. The summed E-state index contributed by atoms with van der Waals surface area (Å²) in [6, 6.07) is 5.34. The van der Waals surface area contributed by atoms with Gasteiger partial charge in [-0.05, 0) is 56.9 Å². The molecule has 0 fully saturated rings. The van der Waals surface area contributed by atoms with Crippen molar-refractivity contribution in [1.82, 2.24) is 10.6 Å². The predicted molar refractivity (Wildman–Crippen MR) is 82.0 cm³/mol. The summed E-state index contributed by atoms with van der Waals surface area (Å²) in [7, 11) is 1.50. The molecule has 1 aromatic rings. The van der Waals surface area contributed by atoms with E-state index in [0.717, 1.165) is 24.0 Å². The molecule has 1 aromatic carbocycles. The van der Waals surface area contributed by atoms with Gasteiger partial charge in [-0.2, -0.15) is 0 Å². The summed E-state index contributed by atoms with van der Waals surface area (Å²) >= 11 is 0. The first-order valence-corrected chi connectivity index (χ1v) is 7.30. The molecule has 0 aliphatic heterocycles. The van der Waals surface area contributed by atoms with Crippen LogP contribution in [-0.2, 0) is 11.2 Å². The Hall–Kier alpha value is -2.24. The summed E-state index contributed by atoms with van der Waals surface area (Å²) in [5.74, 6) is 0.455. The first-order chi connectivity index (χ1) is 10.3. The zero-order valence-electron chi connectivity index (χ0n) is 13.4. The number of aryl methyl sites for hydroxylation is 1. The summed E-state index contributed by atoms with van der Waals surface area (Å²) in [6.45, 7) is 5.47. The minimum Gasteiger partial charge on any atom is -0.444 e. The fourth-order valence-electron chi connectivity index (χ4n) is 2.40. The van der Waals surface area contributed by atoms with Crippen molar-refractivity contribution in [1.29, 1.82) is 0 Å². The molecule has 1 aliphatic carbocycles. The zero-order valence-corrected chi connectivity index (χ0v) is 13.4. The lowest BCUT2D eigenvalue weighted by Crippen LogP contribution is -2.34. The number of ether oxygens (including phenoxy) is 2. The van der Waals surface area contributed by atoms with Crippen molar-refractivity contribution in [2.75, 3.05) is 7.05 Å². The molecular formula is C16H22N2O4. The van der Waals surface area contributed by atoms with E-state index in [0.29, 0.717) is 5.75 Å². The molecule has 6 heteroatoms. The molecule has 1 atom stereocenters. The van der Waals surface area contributed by atoms with Crippen molar-refractivity contribution >= 4 is 12.2 Å². The molecule has 0 spiro atoms. The van der Waals surface area contributed by atoms with Gasteiger partial charge in [-0.25, -0.2) is 9.59 Å². The number of carbonyl (C=O) groups is 2. The highest BCUT2D eigenvalue weighted by Crippen LogP contribution is 2.34. The van der Waals surface area contributed by atoms with Crippen LogP contribution in [0.15, 0.2) is 18.2 Å². The van der Waals surface area contributed by atoms with E-state index in [1.54, 1.807) is 12.1 Å². The van der Waals surface area contributed by atoms with Gasteiger partial charge in [0.15, 0.2) is 0 Å². The highest BCUT2D eigenvalue weighted by atomic mass is 16.6. The average Bonchev–Trinajstić information content (AvgIpc) is 2.79. The Bertz CT molecular complexity index is 578. The molecule has 0 heterocycles. The molecule has 1 unspecified atom stereocenters. The number of hydrogen-bond donors (Lipinski definition) is 2. The van der Waals surface area contributed by atoms with Crippen molar-refractivity contribution in [3.8, 4) is 5.75 Å². The summed E-state index contributed by atoms with van der Waals surface area (Å²) in [5.41, 5.74) is 1.58. The topological polar surface area (TPSA) is 76.7 Å². The van der Waals surface area contributed by atoms with E-state index < -0.39 is 17.8 Å². The van der Waals surface area contributed by atoms with Crippen molar-refractivity contribution < 1.29 is 19.1 Å². The molecule has 6 nitrogen and oxygen atoms in total. The Morgan fingerprint density at radius 2 is 1.95 bits per heavy atom. The number of nitrogens with one attached hydrogen (secondary N) is 2. The highest BCUT2D eigenvalue weighted by molar-refractivity contribution is 5.70. The van der Waals surface area contributed by atoms with Crippen LogP contribution in [0.25, 0.3) is 0 Å². The molecule has 0 radical (unpaired) electrons. The molecule has 120 valence electrons. The Morgan fingerprint density at radius 1 is 1.23 bits per heavy atom. The summed E-state index contributed by atoms with van der Waals surface area (Å²) in [4.78, 5) is 23.2. The third kappa shape index (κ3) is 4.13. The standard InChI is InChI=1S/C16H22N2O4/c1-16(2,3)22-15(20)18-13-8-6-10-5-7-11(9-12(10)13)21-14(19)17-4/h5,7,9,13H,6,8H2,1-4H3,(H,17,19)(H,18,20). The van der Waals surface area contributed by atoms with Gasteiger partial charge in [-0.3, -0.25) is 0 Å². The van der Waals surface area contributed by atoms with E-state index in [4.69, 9.17) is 9.47 Å². The molecule has 0 aromatic heterocycles. The summed E-state index contributed by atoms with van der Waals surface area (Å²) in [5, 5.41) is 5.27. The number of carbonyl (C=O) groups excluding carboxylic acids is 2.